The van der Waals surface area contributed by atoms with Gasteiger partial charge in [-0.1, -0.05) is 37.3 Å². The number of nitrogens with one attached hydrogen (secondary N) is 2. The Bertz CT molecular complexity index is 1730. The average molecular weight is 504 g/mol. The quantitative estimate of drug-likeness (QED) is 0.238. The summed E-state index contributed by atoms with van der Waals surface area (Å²) in [4.78, 5) is 34.2. The predicted molar refractivity (Wildman–Crippen MR) is 137 cm³/mol. The van der Waals surface area contributed by atoms with Crippen molar-refractivity contribution < 1.29 is 14.9 Å². The Hall–Kier alpha value is -4.71. The summed E-state index contributed by atoms with van der Waals surface area (Å²) >= 11 is 0. The Balaban J connectivity index is 1.49. The Morgan fingerprint density at radius 1 is 1.08 bits per heavy atom. The van der Waals surface area contributed by atoms with Crippen molar-refractivity contribution in [1.82, 2.24) is 24.1 Å². The molecule has 5 aromatic rings. The molecule has 0 unspecified atom stereocenters. The number of H-pyrrole nitrogens is 2. The highest BCUT2D eigenvalue weighted by Crippen LogP contribution is 2.36. The molecule has 12 heteroatoms. The molecule has 0 aliphatic rings. The second-order valence-electron chi connectivity index (χ2n) is 8.54. The van der Waals surface area contributed by atoms with Crippen LogP contribution in [-0.4, -0.2) is 47.0 Å². The molecule has 0 saturated heterocycles. The average Bonchev–Trinajstić information content (AvgIpc) is 3.42. The topological polar surface area (TPSA) is 163 Å². The van der Waals surface area contributed by atoms with Gasteiger partial charge in [-0.05, 0) is 30.2 Å². The minimum Gasteiger partial charge on any atom is -0.493 e. The van der Waals surface area contributed by atoms with Crippen molar-refractivity contribution in [2.24, 2.45) is 17.3 Å². The van der Waals surface area contributed by atoms with E-state index in [1.807, 2.05) is 30.3 Å². The summed E-state index contributed by atoms with van der Waals surface area (Å²) in [5.41, 5.74) is 0.834. The molecule has 5 rings (SSSR count). The van der Waals surface area contributed by atoms with E-state index < -0.39 is 17.4 Å². The summed E-state index contributed by atoms with van der Waals surface area (Å²) in [5, 5.41) is 30.0. The number of para-hydroxylation sites is 1. The van der Waals surface area contributed by atoms with E-state index in [4.69, 9.17) is 4.74 Å². The minimum atomic E-state index is -1.05. The molecule has 3 heterocycles. The zero-order chi connectivity index (χ0) is 26.1. The third kappa shape index (κ3) is 4.61. The zero-order valence-corrected chi connectivity index (χ0v) is 20.2. The molecule has 0 bridgehead atoms. The first-order valence-corrected chi connectivity index (χ1v) is 11.7. The lowest BCUT2D eigenvalue weighted by Crippen LogP contribution is -2.30. The molecule has 0 amide bonds. The number of aromatic hydroxyl groups is 1. The van der Waals surface area contributed by atoms with Crippen molar-refractivity contribution in [3.05, 3.63) is 74.9 Å². The molecule has 2 aromatic carbocycles. The normalized spacial score (nSPS) is 12.6. The number of aliphatic hydroxyl groups is 1. The van der Waals surface area contributed by atoms with E-state index in [9.17, 15) is 19.8 Å². The molecular weight excluding hydrogens is 478 g/mol. The number of hydrogen-bond donors (Lipinski definition) is 4. The lowest BCUT2D eigenvalue weighted by atomic mass is 10.2. The highest BCUT2D eigenvalue weighted by atomic mass is 16.5. The van der Waals surface area contributed by atoms with Gasteiger partial charge in [0.1, 0.15) is 18.5 Å². The van der Waals surface area contributed by atoms with Crippen LogP contribution in [-0.2, 0) is 20.0 Å². The molecule has 4 N–H and O–H groups in total. The molecule has 0 fully saturated rings. The summed E-state index contributed by atoms with van der Waals surface area (Å²) in [6.07, 6.45) is -0.142. The third-order valence-corrected chi connectivity index (χ3v) is 6.05. The van der Waals surface area contributed by atoms with Crippen molar-refractivity contribution in [2.75, 3.05) is 6.61 Å². The largest absolute Gasteiger partial charge is 0.493 e. The highest BCUT2D eigenvalue weighted by Gasteiger charge is 2.20. The smallest absolute Gasteiger partial charge is 0.329 e. The van der Waals surface area contributed by atoms with Crippen molar-refractivity contribution in [3.63, 3.8) is 0 Å². The van der Waals surface area contributed by atoms with Gasteiger partial charge in [0.2, 0.25) is 5.88 Å². The van der Waals surface area contributed by atoms with Crippen molar-refractivity contribution in [1.29, 1.82) is 0 Å². The Labute approximate surface area is 209 Å². The Morgan fingerprint density at radius 3 is 2.59 bits per heavy atom. The first-order chi connectivity index (χ1) is 17.9. The number of azo groups is 1. The fourth-order valence-electron chi connectivity index (χ4n) is 4.06. The van der Waals surface area contributed by atoms with E-state index in [0.717, 1.165) is 6.42 Å². The number of imidazole rings is 1. The van der Waals surface area contributed by atoms with E-state index >= 15 is 0 Å². The van der Waals surface area contributed by atoms with Gasteiger partial charge in [-0.25, -0.2) is 4.79 Å². The fraction of sp³-hybridized carbons (Fsp3) is 0.240. The van der Waals surface area contributed by atoms with Gasteiger partial charge >= 0.3 is 5.69 Å². The van der Waals surface area contributed by atoms with E-state index in [1.54, 1.807) is 18.2 Å². The molecule has 0 radical (unpaired) electrons. The number of hydrogen-bond acceptors (Lipinski definition) is 8. The van der Waals surface area contributed by atoms with E-state index in [2.05, 4.69) is 32.1 Å². The van der Waals surface area contributed by atoms with Crippen LogP contribution in [0.3, 0.4) is 0 Å². The maximum Gasteiger partial charge on any atom is 0.329 e. The maximum atomic E-state index is 12.7. The number of fused-ring (bicyclic) bond motifs is 2. The summed E-state index contributed by atoms with van der Waals surface area (Å²) < 4.78 is 8.25. The number of ether oxygens (including phenoxy) is 1. The molecule has 3 aromatic heterocycles. The number of aliphatic hydroxyl groups excluding tert-OH is 1. The first-order valence-electron chi connectivity index (χ1n) is 11.7. The number of rotatable bonds is 8. The predicted octanol–water partition coefficient (Wildman–Crippen LogP) is 3.03. The summed E-state index contributed by atoms with van der Waals surface area (Å²) in [6.45, 7) is 1.88. The van der Waals surface area contributed by atoms with Crippen LogP contribution in [0.2, 0.25) is 0 Å². The highest BCUT2D eigenvalue weighted by molar-refractivity contribution is 5.94. The minimum absolute atomic E-state index is 0.0299. The van der Waals surface area contributed by atoms with Gasteiger partial charge in [0.05, 0.1) is 12.1 Å². The van der Waals surface area contributed by atoms with Crippen LogP contribution in [0.4, 0.5) is 11.6 Å². The van der Waals surface area contributed by atoms with Gasteiger partial charge < -0.3 is 19.9 Å². The standard InChI is InChI=1S/C25H25N7O5/c1-3-14-8-10-16(11-9-14)37-13-15(33)12-32-20-21(31(2)25(36)28-23(20)35)27-24(32)30-29-19-17-6-4-5-7-18(17)26-22(19)34/h4-11,15,26,33-34H,3,12-13H2,1-2H3,(H,28,35,36)/t15-/m1/s1. The van der Waals surface area contributed by atoms with Crippen molar-refractivity contribution >= 4 is 33.7 Å². The number of aryl methyl sites for hydroxylation is 2. The van der Waals surface area contributed by atoms with Crippen LogP contribution in [0, 0.1) is 0 Å². The van der Waals surface area contributed by atoms with Crippen molar-refractivity contribution in [2.45, 2.75) is 26.0 Å². The number of nitrogens with zero attached hydrogens (tertiary/aromatic N) is 5. The van der Waals surface area contributed by atoms with Crippen molar-refractivity contribution in [3.8, 4) is 11.6 Å². The number of aromatic amines is 2. The second-order valence-corrected chi connectivity index (χ2v) is 8.54. The second kappa shape index (κ2) is 9.74. The van der Waals surface area contributed by atoms with Gasteiger partial charge in [-0.3, -0.25) is 18.9 Å². The van der Waals surface area contributed by atoms with Gasteiger partial charge in [0, 0.05) is 12.4 Å². The van der Waals surface area contributed by atoms with Gasteiger partial charge in [-0.2, -0.15) is 4.98 Å². The molecule has 0 spiro atoms. The summed E-state index contributed by atoms with van der Waals surface area (Å²) in [5.74, 6) is 0.389. The van der Waals surface area contributed by atoms with Crippen LogP contribution in [0.1, 0.15) is 12.5 Å². The number of benzene rings is 2. The van der Waals surface area contributed by atoms with Crippen LogP contribution in [0.25, 0.3) is 22.1 Å². The van der Waals surface area contributed by atoms with Gasteiger partial charge in [0.15, 0.2) is 16.9 Å². The van der Waals surface area contributed by atoms with E-state index in [0.29, 0.717) is 16.7 Å². The lowest BCUT2D eigenvalue weighted by Gasteiger charge is -2.14. The van der Waals surface area contributed by atoms with Crippen LogP contribution in [0.5, 0.6) is 11.6 Å². The van der Waals surface area contributed by atoms with Crippen LogP contribution in [0.15, 0.2) is 68.3 Å². The molecule has 37 heavy (non-hydrogen) atoms. The molecule has 1 atom stereocenters. The molecule has 12 nitrogen and oxygen atoms in total. The third-order valence-electron chi connectivity index (χ3n) is 6.05. The fourth-order valence-corrected chi connectivity index (χ4v) is 4.06. The van der Waals surface area contributed by atoms with Crippen LogP contribution < -0.4 is 16.0 Å². The molecular formula is C25H25N7O5. The molecule has 0 aliphatic heterocycles. The van der Waals surface area contributed by atoms with Crippen LogP contribution >= 0.6 is 0 Å². The van der Waals surface area contributed by atoms with Gasteiger partial charge in [0.25, 0.3) is 11.5 Å². The van der Waals surface area contributed by atoms with E-state index in [-0.39, 0.29) is 41.8 Å². The monoisotopic (exact) mass is 503 g/mol. The first kappa shape index (κ1) is 24.0. The molecule has 0 aliphatic carbocycles. The SMILES string of the molecule is CCc1ccc(OC[C@H](O)Cn2c(N=Nc3c(O)[nH]c4ccccc34)nc3c2c(=O)[nH]c(=O)n3C)cc1. The van der Waals surface area contributed by atoms with E-state index in [1.165, 1.54) is 21.7 Å². The lowest BCUT2D eigenvalue weighted by molar-refractivity contribution is 0.0937. The van der Waals surface area contributed by atoms with Gasteiger partial charge in [-0.15, -0.1) is 10.2 Å². The maximum absolute atomic E-state index is 12.7. The summed E-state index contributed by atoms with van der Waals surface area (Å²) in [7, 11) is 1.46. The molecule has 190 valence electrons. The summed E-state index contributed by atoms with van der Waals surface area (Å²) in [6, 6.07) is 14.7. The number of aromatic nitrogens is 5. The Kier molecular flexibility index (Phi) is 6.32. The molecule has 0 saturated carbocycles. The zero-order valence-electron chi connectivity index (χ0n) is 20.2. The Morgan fingerprint density at radius 2 is 1.84 bits per heavy atom.